The summed E-state index contributed by atoms with van der Waals surface area (Å²) in [5.41, 5.74) is 4.23. The van der Waals surface area contributed by atoms with Gasteiger partial charge in [0.25, 0.3) is 5.91 Å². The molecule has 3 rings (SSSR count). The van der Waals surface area contributed by atoms with Gasteiger partial charge in [-0.05, 0) is 63.5 Å². The Balaban J connectivity index is 1.89. The predicted octanol–water partition coefficient (Wildman–Crippen LogP) is 6.60. The number of carbonyl (C=O) groups is 2. The number of nitrogens with one attached hydrogen (secondary N) is 1. The quantitative estimate of drug-likeness (QED) is 0.279. The van der Waals surface area contributed by atoms with E-state index in [1.165, 1.54) is 5.56 Å². The van der Waals surface area contributed by atoms with E-state index < -0.39 is 6.04 Å². The molecule has 1 atom stereocenters. The van der Waals surface area contributed by atoms with Crippen LogP contribution in [0.2, 0.25) is 0 Å². The highest BCUT2D eigenvalue weighted by atomic mass is 79.9. The van der Waals surface area contributed by atoms with E-state index in [4.69, 9.17) is 4.74 Å². The van der Waals surface area contributed by atoms with Gasteiger partial charge in [-0.15, -0.1) is 0 Å². The standard InChI is InChI=1S/C32H39BrN2O3/c1-6-17-34-31(37)28(19-24-12-8-7-9-13-24)35(21-25-14-10-11-23(2)18-25)30(36)22-38-29-16-15-26(20-27(29)33)32(3,4)5/h7-16,18,20,28H,6,17,19,21-22H2,1-5H3,(H,34,37)/t28-/m0/s1. The number of amides is 2. The van der Waals surface area contributed by atoms with Crippen molar-refractivity contribution in [1.29, 1.82) is 0 Å². The number of nitrogens with zero attached hydrogens (tertiary/aromatic N) is 1. The van der Waals surface area contributed by atoms with Gasteiger partial charge in [0.15, 0.2) is 6.61 Å². The Kier molecular flexibility index (Phi) is 10.5. The molecule has 0 radical (unpaired) electrons. The van der Waals surface area contributed by atoms with E-state index >= 15 is 0 Å². The van der Waals surface area contributed by atoms with Crippen molar-refractivity contribution in [1.82, 2.24) is 10.2 Å². The first kappa shape index (κ1) is 29.4. The second-order valence-corrected chi connectivity index (χ2v) is 11.5. The highest BCUT2D eigenvalue weighted by Gasteiger charge is 2.30. The zero-order chi connectivity index (χ0) is 27.7. The van der Waals surface area contributed by atoms with Crippen LogP contribution in [0, 0.1) is 6.92 Å². The topological polar surface area (TPSA) is 58.6 Å². The first-order valence-electron chi connectivity index (χ1n) is 13.2. The van der Waals surface area contributed by atoms with E-state index in [9.17, 15) is 9.59 Å². The van der Waals surface area contributed by atoms with Gasteiger partial charge in [0, 0.05) is 19.5 Å². The molecule has 0 aromatic heterocycles. The molecule has 0 aliphatic carbocycles. The third-order valence-electron chi connectivity index (χ3n) is 6.40. The van der Waals surface area contributed by atoms with Gasteiger partial charge in [0.1, 0.15) is 11.8 Å². The summed E-state index contributed by atoms with van der Waals surface area (Å²) in [6.07, 6.45) is 1.23. The Morgan fingerprint density at radius 1 is 0.974 bits per heavy atom. The number of rotatable bonds is 11. The second-order valence-electron chi connectivity index (χ2n) is 10.7. The summed E-state index contributed by atoms with van der Waals surface area (Å²) in [7, 11) is 0. The van der Waals surface area contributed by atoms with E-state index in [1.54, 1.807) is 4.90 Å². The monoisotopic (exact) mass is 578 g/mol. The van der Waals surface area contributed by atoms with Crippen LogP contribution in [0.25, 0.3) is 0 Å². The molecule has 202 valence electrons. The normalized spacial score (nSPS) is 12.1. The molecule has 5 nitrogen and oxygen atoms in total. The van der Waals surface area contributed by atoms with Crippen molar-refractivity contribution >= 4 is 27.7 Å². The van der Waals surface area contributed by atoms with E-state index in [1.807, 2.05) is 86.6 Å². The van der Waals surface area contributed by atoms with Crippen molar-refractivity contribution in [3.05, 3.63) is 99.5 Å². The van der Waals surface area contributed by atoms with Crippen LogP contribution in [-0.4, -0.2) is 35.9 Å². The van der Waals surface area contributed by atoms with Crippen LogP contribution in [0.1, 0.15) is 56.4 Å². The van der Waals surface area contributed by atoms with Crippen LogP contribution in [0.3, 0.4) is 0 Å². The van der Waals surface area contributed by atoms with Gasteiger partial charge < -0.3 is 15.0 Å². The number of benzene rings is 3. The molecule has 2 amide bonds. The summed E-state index contributed by atoms with van der Waals surface area (Å²) in [4.78, 5) is 28.8. The lowest BCUT2D eigenvalue weighted by Gasteiger charge is -2.31. The first-order valence-corrected chi connectivity index (χ1v) is 14.0. The lowest BCUT2D eigenvalue weighted by atomic mass is 9.87. The highest BCUT2D eigenvalue weighted by molar-refractivity contribution is 9.10. The Morgan fingerprint density at radius 2 is 1.68 bits per heavy atom. The number of hydrogen-bond acceptors (Lipinski definition) is 3. The number of halogens is 1. The van der Waals surface area contributed by atoms with Gasteiger partial charge in [0.2, 0.25) is 5.91 Å². The molecular formula is C32H39BrN2O3. The van der Waals surface area contributed by atoms with Crippen LogP contribution in [0.15, 0.2) is 77.3 Å². The molecule has 38 heavy (non-hydrogen) atoms. The summed E-state index contributed by atoms with van der Waals surface area (Å²) in [5.74, 6) is 0.190. The molecule has 0 spiro atoms. The Bertz CT molecular complexity index is 1220. The number of aryl methyl sites for hydroxylation is 1. The fourth-order valence-electron chi connectivity index (χ4n) is 4.23. The maximum absolute atomic E-state index is 13.8. The van der Waals surface area contributed by atoms with Crippen LogP contribution < -0.4 is 10.1 Å². The third-order valence-corrected chi connectivity index (χ3v) is 7.02. The first-order chi connectivity index (χ1) is 18.1. The van der Waals surface area contributed by atoms with E-state index in [0.717, 1.165) is 27.6 Å². The van der Waals surface area contributed by atoms with Gasteiger partial charge in [-0.3, -0.25) is 9.59 Å². The number of carbonyl (C=O) groups excluding carboxylic acids is 2. The Hall–Kier alpha value is -3.12. The molecule has 3 aromatic carbocycles. The van der Waals surface area contributed by atoms with Crippen LogP contribution >= 0.6 is 15.9 Å². The molecule has 0 unspecified atom stereocenters. The molecule has 0 fully saturated rings. The minimum absolute atomic E-state index is 0.00199. The van der Waals surface area contributed by atoms with Gasteiger partial charge in [0.05, 0.1) is 4.47 Å². The summed E-state index contributed by atoms with van der Waals surface area (Å²) < 4.78 is 6.80. The Morgan fingerprint density at radius 3 is 2.32 bits per heavy atom. The van der Waals surface area contributed by atoms with Gasteiger partial charge in [-0.25, -0.2) is 0 Å². The summed E-state index contributed by atoms with van der Waals surface area (Å²) in [6.45, 7) is 11.2. The van der Waals surface area contributed by atoms with Crippen molar-refractivity contribution < 1.29 is 14.3 Å². The van der Waals surface area contributed by atoms with Gasteiger partial charge in [-0.2, -0.15) is 0 Å². The maximum atomic E-state index is 13.8. The van der Waals surface area contributed by atoms with Crippen molar-refractivity contribution in [3.8, 4) is 5.75 Å². The van der Waals surface area contributed by atoms with Crippen LogP contribution in [0.4, 0.5) is 0 Å². The summed E-state index contributed by atoms with van der Waals surface area (Å²) >= 11 is 3.60. The van der Waals surface area contributed by atoms with Crippen LogP contribution in [0.5, 0.6) is 5.75 Å². The smallest absolute Gasteiger partial charge is 0.261 e. The molecule has 3 aromatic rings. The predicted molar refractivity (Wildman–Crippen MR) is 157 cm³/mol. The molecule has 1 N–H and O–H groups in total. The van der Waals surface area contributed by atoms with E-state index in [-0.39, 0.29) is 23.8 Å². The van der Waals surface area contributed by atoms with Gasteiger partial charge >= 0.3 is 0 Å². The van der Waals surface area contributed by atoms with E-state index in [2.05, 4.69) is 42.0 Å². The average molecular weight is 580 g/mol. The Labute approximate surface area is 235 Å². The number of ether oxygens (including phenoxy) is 1. The largest absolute Gasteiger partial charge is 0.483 e. The summed E-state index contributed by atoms with van der Waals surface area (Å²) in [6, 6.07) is 23.1. The molecule has 0 aliphatic heterocycles. The molecule has 0 bridgehead atoms. The third kappa shape index (κ3) is 8.45. The molecule has 0 saturated heterocycles. The molecule has 0 heterocycles. The SMILES string of the molecule is CCCNC(=O)[C@H](Cc1ccccc1)N(Cc1cccc(C)c1)C(=O)COc1ccc(C(C)(C)C)cc1Br. The molecule has 0 aliphatic rings. The average Bonchev–Trinajstić information content (AvgIpc) is 2.88. The van der Waals surface area contributed by atoms with Gasteiger partial charge in [-0.1, -0.05) is 93.9 Å². The second kappa shape index (κ2) is 13.6. The molecule has 6 heteroatoms. The highest BCUT2D eigenvalue weighted by Crippen LogP contribution is 2.31. The summed E-state index contributed by atoms with van der Waals surface area (Å²) in [5, 5.41) is 3.01. The van der Waals surface area contributed by atoms with Crippen LogP contribution in [-0.2, 0) is 28.0 Å². The molecular weight excluding hydrogens is 540 g/mol. The lowest BCUT2D eigenvalue weighted by molar-refractivity contribution is -0.142. The van der Waals surface area contributed by atoms with Crippen molar-refractivity contribution in [2.24, 2.45) is 0 Å². The number of hydrogen-bond donors (Lipinski definition) is 1. The molecule has 0 saturated carbocycles. The van der Waals surface area contributed by atoms with Crippen molar-refractivity contribution in [3.63, 3.8) is 0 Å². The fourth-order valence-corrected chi connectivity index (χ4v) is 4.73. The van der Waals surface area contributed by atoms with Crippen molar-refractivity contribution in [2.45, 2.75) is 65.5 Å². The van der Waals surface area contributed by atoms with Crippen molar-refractivity contribution in [2.75, 3.05) is 13.2 Å². The zero-order valence-corrected chi connectivity index (χ0v) is 24.7. The minimum Gasteiger partial charge on any atom is -0.483 e. The van der Waals surface area contributed by atoms with E-state index in [0.29, 0.717) is 25.3 Å². The fraction of sp³-hybridized carbons (Fsp3) is 0.375. The lowest BCUT2D eigenvalue weighted by Crippen LogP contribution is -2.51. The zero-order valence-electron chi connectivity index (χ0n) is 23.1. The minimum atomic E-state index is -0.674. The maximum Gasteiger partial charge on any atom is 0.261 e.